The Morgan fingerprint density at radius 2 is 1.45 bits per heavy atom. The maximum absolute atomic E-state index is 9.83. The number of phenolic OH excluding ortho intramolecular Hbond substituents is 1. The van der Waals surface area contributed by atoms with Gasteiger partial charge in [0.25, 0.3) is 0 Å². The van der Waals surface area contributed by atoms with Crippen molar-refractivity contribution in [3.63, 3.8) is 0 Å². The fourth-order valence-electron chi connectivity index (χ4n) is 3.30. The molecule has 0 aliphatic carbocycles. The molecular weight excluding hydrogens is 256 g/mol. The summed E-state index contributed by atoms with van der Waals surface area (Å²) in [5, 5.41) is 9.83. The van der Waals surface area contributed by atoms with Gasteiger partial charge in [-0.25, -0.2) is 0 Å². The van der Waals surface area contributed by atoms with Crippen molar-refractivity contribution in [1.82, 2.24) is 0 Å². The van der Waals surface area contributed by atoms with E-state index in [2.05, 4.69) is 6.07 Å². The van der Waals surface area contributed by atoms with Gasteiger partial charge in [0.15, 0.2) is 0 Å². The summed E-state index contributed by atoms with van der Waals surface area (Å²) in [5.74, 6) is 0.331. The number of epoxide rings is 3. The molecule has 0 radical (unpaired) electrons. The van der Waals surface area contributed by atoms with Gasteiger partial charge < -0.3 is 19.3 Å². The van der Waals surface area contributed by atoms with Gasteiger partial charge in [-0.1, -0.05) is 12.1 Å². The lowest BCUT2D eigenvalue weighted by atomic mass is 9.70. The maximum atomic E-state index is 9.83. The first-order valence-electron chi connectivity index (χ1n) is 7.38. The molecule has 0 amide bonds. The maximum Gasteiger partial charge on any atom is 0.115 e. The predicted molar refractivity (Wildman–Crippen MR) is 72.9 cm³/mol. The van der Waals surface area contributed by atoms with Gasteiger partial charge in [0.2, 0.25) is 0 Å². The third-order valence-corrected chi connectivity index (χ3v) is 4.52. The minimum atomic E-state index is 0.00222. The molecule has 0 saturated carbocycles. The third kappa shape index (κ3) is 2.82. The lowest BCUT2D eigenvalue weighted by Crippen LogP contribution is -2.32. The van der Waals surface area contributed by atoms with Crippen LogP contribution < -0.4 is 0 Å². The molecule has 0 spiro atoms. The van der Waals surface area contributed by atoms with Gasteiger partial charge in [-0.2, -0.15) is 0 Å². The first kappa shape index (κ1) is 12.6. The average molecular weight is 276 g/mol. The van der Waals surface area contributed by atoms with Crippen LogP contribution in [0.15, 0.2) is 24.3 Å². The summed E-state index contributed by atoms with van der Waals surface area (Å²) < 4.78 is 16.4. The molecule has 3 heterocycles. The number of phenols is 1. The number of hydrogen-bond donors (Lipinski definition) is 1. The summed E-state index contributed by atoms with van der Waals surface area (Å²) in [6.45, 7) is 2.58. The Bertz CT molecular complexity index is 453. The first-order chi connectivity index (χ1) is 9.73. The molecule has 3 saturated heterocycles. The molecule has 4 heteroatoms. The molecule has 4 nitrogen and oxygen atoms in total. The molecule has 3 aliphatic heterocycles. The van der Waals surface area contributed by atoms with E-state index < -0.39 is 0 Å². The van der Waals surface area contributed by atoms with Gasteiger partial charge in [0.05, 0.1) is 38.1 Å². The van der Waals surface area contributed by atoms with Crippen LogP contribution in [0.5, 0.6) is 5.75 Å². The Morgan fingerprint density at radius 1 is 0.950 bits per heavy atom. The van der Waals surface area contributed by atoms with Gasteiger partial charge in [-0.15, -0.1) is 0 Å². The lowest BCUT2D eigenvalue weighted by Gasteiger charge is -2.33. The van der Waals surface area contributed by atoms with E-state index in [0.29, 0.717) is 24.1 Å². The first-order valence-corrected chi connectivity index (χ1v) is 7.38. The zero-order valence-electron chi connectivity index (χ0n) is 11.5. The van der Waals surface area contributed by atoms with Gasteiger partial charge in [-0.05, 0) is 37.0 Å². The van der Waals surface area contributed by atoms with Gasteiger partial charge in [-0.3, -0.25) is 0 Å². The lowest BCUT2D eigenvalue weighted by molar-refractivity contribution is 0.232. The van der Waals surface area contributed by atoms with Crippen LogP contribution in [0.25, 0.3) is 0 Å². The molecule has 0 bridgehead atoms. The SMILES string of the molecule is Oc1cccc(C(CC2CO2)(CC2CO2)CC2CO2)c1. The van der Waals surface area contributed by atoms with E-state index >= 15 is 0 Å². The molecule has 1 aromatic carbocycles. The second-order valence-corrected chi connectivity index (χ2v) is 6.31. The standard InChI is InChI=1S/C16H20O4/c17-12-3-1-2-11(4-12)16(5-13-8-18-13,6-14-9-19-14)7-15-10-20-15/h1-4,13-15,17H,5-10H2. The zero-order valence-corrected chi connectivity index (χ0v) is 11.5. The van der Waals surface area contributed by atoms with Crippen LogP contribution in [0.1, 0.15) is 24.8 Å². The van der Waals surface area contributed by atoms with Crippen molar-refractivity contribution >= 4 is 0 Å². The number of ether oxygens (including phenoxy) is 3. The van der Waals surface area contributed by atoms with E-state index in [4.69, 9.17) is 14.2 Å². The molecule has 1 aromatic rings. The monoisotopic (exact) mass is 276 g/mol. The van der Waals surface area contributed by atoms with E-state index in [1.165, 1.54) is 5.56 Å². The number of rotatable bonds is 7. The normalized spacial score (nSPS) is 33.5. The van der Waals surface area contributed by atoms with Crippen molar-refractivity contribution in [3.8, 4) is 5.75 Å². The van der Waals surface area contributed by atoms with Gasteiger partial charge in [0, 0.05) is 5.41 Å². The largest absolute Gasteiger partial charge is 0.508 e. The number of benzene rings is 1. The Hall–Kier alpha value is -1.10. The second kappa shape index (κ2) is 4.72. The van der Waals surface area contributed by atoms with Crippen LogP contribution in [0.4, 0.5) is 0 Å². The Balaban J connectivity index is 1.66. The molecule has 20 heavy (non-hydrogen) atoms. The highest BCUT2D eigenvalue weighted by Crippen LogP contribution is 2.46. The van der Waals surface area contributed by atoms with Crippen molar-refractivity contribution in [2.45, 2.75) is 43.0 Å². The Kier molecular flexibility index (Phi) is 2.98. The van der Waals surface area contributed by atoms with Crippen LogP contribution in [0.3, 0.4) is 0 Å². The number of hydrogen-bond acceptors (Lipinski definition) is 4. The molecule has 108 valence electrons. The van der Waals surface area contributed by atoms with Gasteiger partial charge >= 0.3 is 0 Å². The highest BCUT2D eigenvalue weighted by Gasteiger charge is 2.46. The fourth-order valence-corrected chi connectivity index (χ4v) is 3.30. The molecule has 4 rings (SSSR count). The summed E-state index contributed by atoms with van der Waals surface area (Å²) in [6, 6.07) is 7.66. The number of aromatic hydroxyl groups is 1. The van der Waals surface area contributed by atoms with Crippen LogP contribution in [0.2, 0.25) is 0 Å². The summed E-state index contributed by atoms with van der Waals surface area (Å²) >= 11 is 0. The van der Waals surface area contributed by atoms with Crippen molar-refractivity contribution in [3.05, 3.63) is 29.8 Å². The average Bonchev–Trinajstić information content (AvgIpc) is 3.23. The molecule has 3 fully saturated rings. The Morgan fingerprint density at radius 3 is 1.85 bits per heavy atom. The van der Waals surface area contributed by atoms with E-state index in [9.17, 15) is 5.11 Å². The highest BCUT2D eigenvalue weighted by atomic mass is 16.6. The summed E-state index contributed by atoms with van der Waals surface area (Å²) in [4.78, 5) is 0. The van der Waals surface area contributed by atoms with Crippen molar-refractivity contribution < 1.29 is 19.3 Å². The molecule has 3 unspecified atom stereocenters. The van der Waals surface area contributed by atoms with Crippen molar-refractivity contribution in [2.75, 3.05) is 19.8 Å². The van der Waals surface area contributed by atoms with E-state index in [0.717, 1.165) is 39.1 Å². The van der Waals surface area contributed by atoms with Crippen LogP contribution in [0, 0.1) is 0 Å². The summed E-state index contributed by atoms with van der Waals surface area (Å²) in [7, 11) is 0. The highest BCUT2D eigenvalue weighted by molar-refractivity contribution is 5.34. The fraction of sp³-hybridized carbons (Fsp3) is 0.625. The summed E-state index contributed by atoms with van der Waals surface area (Å²) in [6.07, 6.45) is 4.06. The van der Waals surface area contributed by atoms with E-state index in [1.807, 2.05) is 12.1 Å². The smallest absolute Gasteiger partial charge is 0.115 e. The van der Waals surface area contributed by atoms with Crippen LogP contribution >= 0.6 is 0 Å². The molecule has 1 N–H and O–H groups in total. The molecule has 3 aliphatic rings. The third-order valence-electron chi connectivity index (χ3n) is 4.52. The van der Waals surface area contributed by atoms with Crippen molar-refractivity contribution in [1.29, 1.82) is 0 Å². The second-order valence-electron chi connectivity index (χ2n) is 6.31. The minimum absolute atomic E-state index is 0.00222. The molecule has 0 aromatic heterocycles. The molecular formula is C16H20O4. The minimum Gasteiger partial charge on any atom is -0.508 e. The topological polar surface area (TPSA) is 57.8 Å². The quantitative estimate of drug-likeness (QED) is 0.774. The van der Waals surface area contributed by atoms with E-state index in [-0.39, 0.29) is 5.41 Å². The predicted octanol–water partition coefficient (Wildman–Crippen LogP) is 2.00. The van der Waals surface area contributed by atoms with E-state index in [1.54, 1.807) is 6.07 Å². The van der Waals surface area contributed by atoms with Crippen LogP contribution in [-0.2, 0) is 19.6 Å². The zero-order chi connectivity index (χ0) is 13.6. The Labute approximate surface area is 118 Å². The van der Waals surface area contributed by atoms with Gasteiger partial charge in [0.1, 0.15) is 5.75 Å². The van der Waals surface area contributed by atoms with Crippen molar-refractivity contribution in [2.24, 2.45) is 0 Å². The summed E-state index contributed by atoms with van der Waals surface area (Å²) in [5.41, 5.74) is 1.20. The molecule has 3 atom stereocenters. The van der Waals surface area contributed by atoms with Crippen LogP contribution in [-0.4, -0.2) is 43.2 Å².